The lowest BCUT2D eigenvalue weighted by atomic mass is 9.75. The molecule has 0 aliphatic heterocycles. The molecule has 1 saturated carbocycles. The molecule has 4 heteroatoms. The lowest BCUT2D eigenvalue weighted by Crippen LogP contribution is -2.56. The van der Waals surface area contributed by atoms with Gasteiger partial charge in [-0.1, -0.05) is 0 Å². The van der Waals surface area contributed by atoms with Crippen LogP contribution in [0.25, 0.3) is 0 Å². The predicted octanol–water partition coefficient (Wildman–Crippen LogP) is 2.06. The second-order valence-electron chi connectivity index (χ2n) is 5.95. The fourth-order valence-electron chi connectivity index (χ4n) is 2.76. The molecule has 1 aromatic heterocycles. The number of nitrogens with zero attached hydrogens (tertiary/aromatic N) is 3. The monoisotopic (exact) mass is 263 g/mol. The number of rotatable bonds is 5. The minimum Gasteiger partial charge on any atom is -0.389 e. The van der Waals surface area contributed by atoms with Gasteiger partial charge < -0.3 is 14.9 Å². The third-order valence-electron chi connectivity index (χ3n) is 4.41. The average molecular weight is 263 g/mol. The first-order chi connectivity index (χ1) is 8.94. The molecule has 19 heavy (non-hydrogen) atoms. The number of hydrogen-bond donors (Lipinski definition) is 1. The highest BCUT2D eigenvalue weighted by molar-refractivity contribution is 5.41. The van der Waals surface area contributed by atoms with Gasteiger partial charge in [-0.05, 0) is 58.0 Å². The molecule has 1 heterocycles. The Labute approximate surface area is 116 Å². The molecule has 0 aromatic carbocycles. The van der Waals surface area contributed by atoms with E-state index in [9.17, 15) is 5.11 Å². The Balaban J connectivity index is 2.11. The molecular weight excluding hydrogens is 238 g/mol. The van der Waals surface area contributed by atoms with Gasteiger partial charge in [-0.2, -0.15) is 0 Å². The van der Waals surface area contributed by atoms with Crippen molar-refractivity contribution in [2.45, 2.75) is 37.8 Å². The van der Waals surface area contributed by atoms with Crippen molar-refractivity contribution in [3.05, 3.63) is 23.9 Å². The third kappa shape index (κ3) is 2.90. The van der Waals surface area contributed by atoms with Gasteiger partial charge in [0, 0.05) is 25.3 Å². The van der Waals surface area contributed by atoms with E-state index >= 15 is 0 Å². The van der Waals surface area contributed by atoms with E-state index in [1.165, 1.54) is 19.3 Å². The third-order valence-corrected chi connectivity index (χ3v) is 4.41. The van der Waals surface area contributed by atoms with E-state index in [0.29, 0.717) is 0 Å². The summed E-state index contributed by atoms with van der Waals surface area (Å²) in [4.78, 5) is 8.96. The molecule has 0 spiro atoms. The van der Waals surface area contributed by atoms with Crippen molar-refractivity contribution >= 4 is 5.82 Å². The molecule has 1 aliphatic carbocycles. The maximum Gasteiger partial charge on any atom is 0.128 e. The van der Waals surface area contributed by atoms with E-state index in [2.05, 4.69) is 35.9 Å². The summed E-state index contributed by atoms with van der Waals surface area (Å²) in [5.41, 5.74) is 1.21. The van der Waals surface area contributed by atoms with Crippen LogP contribution < -0.4 is 4.90 Å². The summed E-state index contributed by atoms with van der Waals surface area (Å²) >= 11 is 0. The first kappa shape index (κ1) is 14.3. The van der Waals surface area contributed by atoms with Crippen LogP contribution in [0.3, 0.4) is 0 Å². The summed E-state index contributed by atoms with van der Waals surface area (Å²) in [6.45, 7) is 2.77. The van der Waals surface area contributed by atoms with E-state index in [0.717, 1.165) is 17.9 Å². The summed E-state index contributed by atoms with van der Waals surface area (Å²) in [5, 5.41) is 9.65. The minimum atomic E-state index is -0.443. The first-order valence-electron chi connectivity index (χ1n) is 6.97. The second kappa shape index (κ2) is 5.47. The molecule has 0 unspecified atom stereocenters. The molecule has 1 aliphatic rings. The van der Waals surface area contributed by atoms with Gasteiger partial charge in [-0.3, -0.25) is 0 Å². The highest BCUT2D eigenvalue weighted by atomic mass is 16.3. The van der Waals surface area contributed by atoms with Crippen LogP contribution in [0.5, 0.6) is 0 Å². The molecule has 0 bridgehead atoms. The summed E-state index contributed by atoms with van der Waals surface area (Å²) in [6.07, 6.45) is 5.15. The molecular formula is C15H25N3O. The summed E-state index contributed by atoms with van der Waals surface area (Å²) in [6, 6.07) is 3.85. The molecule has 1 aromatic rings. The Morgan fingerprint density at radius 2 is 2.05 bits per heavy atom. The van der Waals surface area contributed by atoms with Crippen LogP contribution in [0, 0.1) is 0 Å². The quantitative estimate of drug-likeness (QED) is 0.882. The summed E-state index contributed by atoms with van der Waals surface area (Å²) < 4.78 is 0. The normalized spacial score (nSPS) is 19.1. The predicted molar refractivity (Wildman–Crippen MR) is 78.4 cm³/mol. The van der Waals surface area contributed by atoms with Crippen molar-refractivity contribution in [3.63, 3.8) is 0 Å². The van der Waals surface area contributed by atoms with Crippen LogP contribution >= 0.6 is 0 Å². The summed E-state index contributed by atoms with van der Waals surface area (Å²) in [7, 11) is 6.40. The van der Waals surface area contributed by atoms with Crippen molar-refractivity contribution in [2.75, 3.05) is 32.6 Å². The van der Waals surface area contributed by atoms with Gasteiger partial charge in [-0.25, -0.2) is 4.98 Å². The van der Waals surface area contributed by atoms with Crippen LogP contribution in [-0.4, -0.2) is 48.2 Å². The van der Waals surface area contributed by atoms with Gasteiger partial charge in [0.25, 0.3) is 0 Å². The van der Waals surface area contributed by atoms with Gasteiger partial charge in [0.05, 0.1) is 6.10 Å². The van der Waals surface area contributed by atoms with E-state index in [-0.39, 0.29) is 5.54 Å². The van der Waals surface area contributed by atoms with Gasteiger partial charge in [0.2, 0.25) is 0 Å². The molecule has 1 fully saturated rings. The van der Waals surface area contributed by atoms with Crippen LogP contribution in [-0.2, 0) is 0 Å². The van der Waals surface area contributed by atoms with E-state index < -0.39 is 6.10 Å². The highest BCUT2D eigenvalue weighted by Crippen LogP contribution is 2.37. The smallest absolute Gasteiger partial charge is 0.128 e. The minimum absolute atomic E-state index is 0.289. The van der Waals surface area contributed by atoms with Crippen molar-refractivity contribution in [3.8, 4) is 0 Å². The number of aliphatic hydroxyl groups excluding tert-OH is 1. The van der Waals surface area contributed by atoms with Crippen LogP contribution in [0.1, 0.15) is 37.9 Å². The van der Waals surface area contributed by atoms with Crippen molar-refractivity contribution in [1.82, 2.24) is 9.88 Å². The van der Waals surface area contributed by atoms with Crippen molar-refractivity contribution in [1.29, 1.82) is 0 Å². The van der Waals surface area contributed by atoms with Crippen molar-refractivity contribution < 1.29 is 5.11 Å². The van der Waals surface area contributed by atoms with Crippen LogP contribution in [0.2, 0.25) is 0 Å². The molecule has 4 nitrogen and oxygen atoms in total. The van der Waals surface area contributed by atoms with Gasteiger partial charge in [0.1, 0.15) is 5.82 Å². The Morgan fingerprint density at radius 3 is 2.53 bits per heavy atom. The van der Waals surface area contributed by atoms with Gasteiger partial charge in [-0.15, -0.1) is 0 Å². The number of aliphatic hydroxyl groups is 1. The zero-order valence-electron chi connectivity index (χ0n) is 12.4. The van der Waals surface area contributed by atoms with E-state index in [1.54, 1.807) is 13.1 Å². The standard InChI is InChI=1S/C15H25N3O/c1-12(19)13-6-9-16-14(10-13)18(4)11-15(17(2)3)7-5-8-15/h6,9-10,12,19H,5,7-8,11H2,1-4H3/t12-/m0/s1. The number of pyridine rings is 1. The fraction of sp³-hybridized carbons (Fsp3) is 0.667. The number of aromatic nitrogens is 1. The molecule has 2 rings (SSSR count). The number of hydrogen-bond acceptors (Lipinski definition) is 4. The zero-order chi connectivity index (χ0) is 14.0. The molecule has 1 atom stereocenters. The first-order valence-corrected chi connectivity index (χ1v) is 6.97. The topological polar surface area (TPSA) is 39.6 Å². The van der Waals surface area contributed by atoms with E-state index in [1.807, 2.05) is 12.1 Å². The Morgan fingerprint density at radius 1 is 1.37 bits per heavy atom. The maximum atomic E-state index is 9.65. The molecule has 1 N–H and O–H groups in total. The van der Waals surface area contributed by atoms with Gasteiger partial charge >= 0.3 is 0 Å². The Hall–Kier alpha value is -1.13. The molecule has 0 amide bonds. The zero-order valence-corrected chi connectivity index (χ0v) is 12.4. The lowest BCUT2D eigenvalue weighted by molar-refractivity contribution is 0.0681. The Bertz CT molecular complexity index is 427. The van der Waals surface area contributed by atoms with E-state index in [4.69, 9.17) is 0 Å². The maximum absolute atomic E-state index is 9.65. The second-order valence-corrected chi connectivity index (χ2v) is 5.95. The highest BCUT2D eigenvalue weighted by Gasteiger charge is 2.40. The average Bonchev–Trinajstić information content (AvgIpc) is 2.33. The SMILES string of the molecule is C[C@H](O)c1ccnc(N(C)CC2(N(C)C)CCC2)c1. The molecule has 106 valence electrons. The molecule has 0 saturated heterocycles. The van der Waals surface area contributed by atoms with Gasteiger partial charge in [0.15, 0.2) is 0 Å². The van der Waals surface area contributed by atoms with Crippen LogP contribution in [0.15, 0.2) is 18.3 Å². The molecule has 0 radical (unpaired) electrons. The Kier molecular flexibility index (Phi) is 4.11. The van der Waals surface area contributed by atoms with Crippen LogP contribution in [0.4, 0.5) is 5.82 Å². The number of anilines is 1. The largest absolute Gasteiger partial charge is 0.389 e. The number of likely N-dealkylation sites (N-methyl/N-ethyl adjacent to an activating group) is 2. The fourth-order valence-corrected chi connectivity index (χ4v) is 2.76. The van der Waals surface area contributed by atoms with Crippen molar-refractivity contribution in [2.24, 2.45) is 0 Å². The lowest BCUT2D eigenvalue weighted by Gasteiger charge is -2.49. The summed E-state index contributed by atoms with van der Waals surface area (Å²) in [5.74, 6) is 0.937.